The van der Waals surface area contributed by atoms with E-state index in [2.05, 4.69) is 41.5 Å². The maximum absolute atomic E-state index is 5.32. The van der Waals surface area contributed by atoms with Gasteiger partial charge in [-0.25, -0.2) is 0 Å². The first-order valence-electron chi connectivity index (χ1n) is 6.03. The number of ether oxygens (including phenoxy) is 1. The third-order valence-corrected chi connectivity index (χ3v) is 3.11. The van der Waals surface area contributed by atoms with Crippen molar-refractivity contribution < 1.29 is 4.74 Å². The molecular weight excluding hydrogens is 224 g/mol. The molecule has 0 saturated carbocycles. The Morgan fingerprint density at radius 3 is 2.50 bits per heavy atom. The van der Waals surface area contributed by atoms with Crippen LogP contribution >= 0.6 is 0 Å². The first-order chi connectivity index (χ1) is 8.76. The molecule has 1 N–H and O–H groups in total. The van der Waals surface area contributed by atoms with Crippen LogP contribution in [0.4, 0.5) is 0 Å². The van der Waals surface area contributed by atoms with Gasteiger partial charge >= 0.3 is 0 Å². The first kappa shape index (κ1) is 12.6. The van der Waals surface area contributed by atoms with Crippen molar-refractivity contribution in [1.29, 1.82) is 0 Å². The van der Waals surface area contributed by atoms with Gasteiger partial charge in [-0.3, -0.25) is 4.98 Å². The van der Waals surface area contributed by atoms with Crippen molar-refractivity contribution >= 4 is 0 Å². The van der Waals surface area contributed by atoms with Crippen molar-refractivity contribution in [2.45, 2.75) is 13.0 Å². The van der Waals surface area contributed by atoms with E-state index in [0.717, 1.165) is 17.0 Å². The lowest BCUT2D eigenvalue weighted by Crippen LogP contribution is -2.11. The molecule has 3 heteroatoms. The minimum absolute atomic E-state index is 0.352. The highest BCUT2D eigenvalue weighted by Gasteiger charge is 2.07. The second kappa shape index (κ2) is 5.65. The molecule has 0 aliphatic carbocycles. The molecule has 2 rings (SSSR count). The van der Waals surface area contributed by atoms with Crippen molar-refractivity contribution in [3.05, 3.63) is 48.2 Å². The van der Waals surface area contributed by atoms with Gasteiger partial charge in [0.1, 0.15) is 11.4 Å². The molecule has 1 atom stereocenters. The van der Waals surface area contributed by atoms with Gasteiger partial charge < -0.3 is 10.1 Å². The number of aromatic nitrogens is 1. The second-order valence-electron chi connectivity index (χ2n) is 4.19. The summed E-state index contributed by atoms with van der Waals surface area (Å²) in [5.74, 6) is 0.798. The Bertz CT molecular complexity index is 508. The minimum atomic E-state index is 0.352. The molecule has 1 aromatic carbocycles. The highest BCUT2D eigenvalue weighted by molar-refractivity contribution is 5.66. The molecule has 2 aromatic rings. The summed E-state index contributed by atoms with van der Waals surface area (Å²) >= 11 is 0. The third-order valence-electron chi connectivity index (χ3n) is 3.11. The van der Waals surface area contributed by atoms with E-state index in [0.29, 0.717) is 6.04 Å². The van der Waals surface area contributed by atoms with E-state index in [-0.39, 0.29) is 0 Å². The lowest BCUT2D eigenvalue weighted by Gasteiger charge is -2.12. The van der Waals surface area contributed by atoms with Crippen LogP contribution in [0.2, 0.25) is 0 Å². The Hall–Kier alpha value is -1.87. The summed E-state index contributed by atoms with van der Waals surface area (Å²) in [6.07, 6.45) is 1.78. The van der Waals surface area contributed by atoms with Crippen LogP contribution in [0, 0.1) is 0 Å². The van der Waals surface area contributed by atoms with Crippen LogP contribution in [0.15, 0.2) is 42.6 Å². The van der Waals surface area contributed by atoms with Crippen molar-refractivity contribution in [2.24, 2.45) is 0 Å². The normalized spacial score (nSPS) is 12.2. The molecule has 0 spiro atoms. The van der Waals surface area contributed by atoms with Crippen LogP contribution in [-0.2, 0) is 0 Å². The van der Waals surface area contributed by atoms with Gasteiger partial charge in [-0.15, -0.1) is 0 Å². The Balaban J connectivity index is 2.34. The molecule has 0 amide bonds. The van der Waals surface area contributed by atoms with Crippen molar-refractivity contribution in [2.75, 3.05) is 14.2 Å². The molecule has 1 aromatic heterocycles. The summed E-state index contributed by atoms with van der Waals surface area (Å²) in [7, 11) is 3.62. The number of rotatable bonds is 4. The van der Waals surface area contributed by atoms with E-state index in [1.54, 1.807) is 13.3 Å². The van der Waals surface area contributed by atoms with Crippen molar-refractivity contribution in [3.8, 4) is 17.0 Å². The zero-order chi connectivity index (χ0) is 13.0. The molecule has 0 aliphatic rings. The fourth-order valence-corrected chi connectivity index (χ4v) is 1.87. The molecule has 1 unspecified atom stereocenters. The van der Waals surface area contributed by atoms with Gasteiger partial charge in [0, 0.05) is 17.8 Å². The summed E-state index contributed by atoms with van der Waals surface area (Å²) in [4.78, 5) is 4.37. The fourth-order valence-electron chi connectivity index (χ4n) is 1.87. The highest BCUT2D eigenvalue weighted by Crippen LogP contribution is 2.27. The average molecular weight is 242 g/mol. The lowest BCUT2D eigenvalue weighted by molar-refractivity contribution is 0.415. The fraction of sp³-hybridized carbons (Fsp3) is 0.267. The second-order valence-corrected chi connectivity index (χ2v) is 4.19. The Kier molecular flexibility index (Phi) is 3.95. The zero-order valence-corrected chi connectivity index (χ0v) is 11.0. The Morgan fingerprint density at radius 1 is 1.17 bits per heavy atom. The maximum Gasteiger partial charge on any atom is 0.145 e. The Labute approximate surface area is 108 Å². The van der Waals surface area contributed by atoms with Gasteiger partial charge in [-0.2, -0.15) is 0 Å². The van der Waals surface area contributed by atoms with E-state index in [9.17, 15) is 0 Å². The minimum Gasteiger partial charge on any atom is -0.494 e. The van der Waals surface area contributed by atoms with Crippen LogP contribution < -0.4 is 10.1 Å². The van der Waals surface area contributed by atoms with Crippen molar-refractivity contribution in [3.63, 3.8) is 0 Å². The standard InChI is InChI=1S/C15H18N2O/c1-11(16-2)12-6-8-13(9-7-12)15-14(18-3)5-4-10-17-15/h4-11,16H,1-3H3. The molecule has 3 nitrogen and oxygen atoms in total. The smallest absolute Gasteiger partial charge is 0.145 e. The van der Waals surface area contributed by atoms with E-state index >= 15 is 0 Å². The average Bonchev–Trinajstić information content (AvgIpc) is 2.46. The van der Waals surface area contributed by atoms with E-state index in [4.69, 9.17) is 4.74 Å². The largest absolute Gasteiger partial charge is 0.494 e. The molecule has 0 radical (unpaired) electrons. The predicted octanol–water partition coefficient (Wildman–Crippen LogP) is 3.04. The summed E-state index contributed by atoms with van der Waals surface area (Å²) in [5, 5.41) is 3.22. The van der Waals surface area contributed by atoms with Crippen molar-refractivity contribution in [1.82, 2.24) is 10.3 Å². The molecule has 0 saturated heterocycles. The van der Waals surface area contributed by atoms with E-state index < -0.39 is 0 Å². The molecule has 0 fully saturated rings. The summed E-state index contributed by atoms with van der Waals surface area (Å²) in [6.45, 7) is 2.14. The number of nitrogens with zero attached hydrogens (tertiary/aromatic N) is 1. The monoisotopic (exact) mass is 242 g/mol. The van der Waals surface area contributed by atoms with Gasteiger partial charge in [0.2, 0.25) is 0 Å². The summed E-state index contributed by atoms with van der Waals surface area (Å²) < 4.78 is 5.32. The van der Waals surface area contributed by atoms with Crippen LogP contribution in [0.3, 0.4) is 0 Å². The van der Waals surface area contributed by atoms with Gasteiger partial charge in [0.25, 0.3) is 0 Å². The SMILES string of the molecule is CNC(C)c1ccc(-c2ncccc2OC)cc1. The summed E-state index contributed by atoms with van der Waals surface area (Å²) in [5.41, 5.74) is 3.21. The molecular formula is C15H18N2O. The van der Waals surface area contributed by atoms with Gasteiger partial charge in [-0.1, -0.05) is 24.3 Å². The molecule has 18 heavy (non-hydrogen) atoms. The first-order valence-corrected chi connectivity index (χ1v) is 6.03. The summed E-state index contributed by atoms with van der Waals surface area (Å²) in [6, 6.07) is 12.5. The quantitative estimate of drug-likeness (QED) is 0.894. The third kappa shape index (κ3) is 2.51. The van der Waals surface area contributed by atoms with Crippen LogP contribution in [-0.4, -0.2) is 19.1 Å². The van der Waals surface area contributed by atoms with Gasteiger partial charge in [0.15, 0.2) is 0 Å². The number of hydrogen-bond acceptors (Lipinski definition) is 3. The predicted molar refractivity (Wildman–Crippen MR) is 73.7 cm³/mol. The molecule has 1 heterocycles. The number of pyridine rings is 1. The van der Waals surface area contributed by atoms with Gasteiger partial charge in [-0.05, 0) is 31.7 Å². The van der Waals surface area contributed by atoms with E-state index in [1.807, 2.05) is 19.2 Å². The number of benzene rings is 1. The molecule has 0 aliphatic heterocycles. The van der Waals surface area contributed by atoms with Crippen LogP contribution in [0.5, 0.6) is 5.75 Å². The van der Waals surface area contributed by atoms with E-state index in [1.165, 1.54) is 5.56 Å². The molecule has 94 valence electrons. The number of methoxy groups -OCH3 is 1. The maximum atomic E-state index is 5.32. The Morgan fingerprint density at radius 2 is 1.89 bits per heavy atom. The van der Waals surface area contributed by atoms with Crippen LogP contribution in [0.25, 0.3) is 11.3 Å². The number of nitrogens with one attached hydrogen (secondary N) is 1. The number of hydrogen-bond donors (Lipinski definition) is 1. The zero-order valence-electron chi connectivity index (χ0n) is 11.0. The van der Waals surface area contributed by atoms with Crippen LogP contribution in [0.1, 0.15) is 18.5 Å². The molecule has 0 bridgehead atoms. The highest BCUT2D eigenvalue weighted by atomic mass is 16.5. The lowest BCUT2D eigenvalue weighted by atomic mass is 10.0. The van der Waals surface area contributed by atoms with Gasteiger partial charge in [0.05, 0.1) is 7.11 Å². The topological polar surface area (TPSA) is 34.2 Å².